The predicted molar refractivity (Wildman–Crippen MR) is 81.4 cm³/mol. The standard InChI is InChI=1S/C17H25NO2/c1-13(2)18-9-5-6-14(12-18)10-17(19)15-7-4-8-16(11-15)20-3/h4,7-8,11,13-14H,5-6,9-10,12H2,1-3H3/t14-/m0/s1. The van der Waals surface area contributed by atoms with E-state index < -0.39 is 0 Å². The minimum Gasteiger partial charge on any atom is -0.497 e. The molecule has 0 unspecified atom stereocenters. The number of rotatable bonds is 5. The van der Waals surface area contributed by atoms with Crippen molar-refractivity contribution in [3.63, 3.8) is 0 Å². The molecule has 0 bridgehead atoms. The van der Waals surface area contributed by atoms with Crippen molar-refractivity contribution in [3.05, 3.63) is 29.8 Å². The van der Waals surface area contributed by atoms with Gasteiger partial charge in [0.25, 0.3) is 0 Å². The Hall–Kier alpha value is -1.35. The van der Waals surface area contributed by atoms with Crippen LogP contribution in [-0.2, 0) is 0 Å². The lowest BCUT2D eigenvalue weighted by molar-refractivity contribution is 0.0889. The van der Waals surface area contributed by atoms with E-state index in [9.17, 15) is 4.79 Å². The molecule has 0 N–H and O–H groups in total. The van der Waals surface area contributed by atoms with E-state index in [1.165, 1.54) is 19.4 Å². The summed E-state index contributed by atoms with van der Waals surface area (Å²) in [5, 5.41) is 0. The SMILES string of the molecule is COc1cccc(C(=O)C[C@@H]2CCCN(C(C)C)C2)c1. The number of Topliss-reactive ketones (excluding diaryl/α,β-unsaturated/α-hetero) is 1. The van der Waals surface area contributed by atoms with Gasteiger partial charge in [-0.3, -0.25) is 4.79 Å². The topological polar surface area (TPSA) is 29.5 Å². The number of benzene rings is 1. The fourth-order valence-electron chi connectivity index (χ4n) is 2.91. The third kappa shape index (κ3) is 3.83. The molecule has 0 radical (unpaired) electrons. The molecule has 1 saturated heterocycles. The number of hydrogen-bond donors (Lipinski definition) is 0. The number of likely N-dealkylation sites (tertiary alicyclic amines) is 1. The van der Waals surface area contributed by atoms with E-state index in [-0.39, 0.29) is 5.78 Å². The summed E-state index contributed by atoms with van der Waals surface area (Å²) < 4.78 is 5.18. The summed E-state index contributed by atoms with van der Waals surface area (Å²) in [7, 11) is 1.63. The highest BCUT2D eigenvalue weighted by atomic mass is 16.5. The highest BCUT2D eigenvalue weighted by Gasteiger charge is 2.24. The van der Waals surface area contributed by atoms with Crippen molar-refractivity contribution in [1.29, 1.82) is 0 Å². The zero-order valence-electron chi connectivity index (χ0n) is 12.8. The minimum absolute atomic E-state index is 0.236. The van der Waals surface area contributed by atoms with Gasteiger partial charge in [0.05, 0.1) is 7.11 Å². The van der Waals surface area contributed by atoms with Crippen LogP contribution >= 0.6 is 0 Å². The van der Waals surface area contributed by atoms with Crippen molar-refractivity contribution in [2.75, 3.05) is 20.2 Å². The molecule has 1 aliphatic rings. The van der Waals surface area contributed by atoms with Crippen LogP contribution in [0.2, 0.25) is 0 Å². The first-order valence-electron chi connectivity index (χ1n) is 7.51. The summed E-state index contributed by atoms with van der Waals surface area (Å²) in [6.07, 6.45) is 3.02. The summed E-state index contributed by atoms with van der Waals surface area (Å²) in [5.41, 5.74) is 0.769. The third-order valence-electron chi connectivity index (χ3n) is 4.15. The second-order valence-electron chi connectivity index (χ2n) is 5.96. The molecule has 3 nitrogen and oxygen atoms in total. The smallest absolute Gasteiger partial charge is 0.163 e. The fourth-order valence-corrected chi connectivity index (χ4v) is 2.91. The molecule has 1 heterocycles. The summed E-state index contributed by atoms with van der Waals surface area (Å²) in [6, 6.07) is 8.05. The monoisotopic (exact) mass is 275 g/mol. The van der Waals surface area contributed by atoms with Crippen LogP contribution < -0.4 is 4.74 Å². The quantitative estimate of drug-likeness (QED) is 0.771. The highest BCUT2D eigenvalue weighted by Crippen LogP contribution is 2.24. The van der Waals surface area contributed by atoms with Gasteiger partial charge >= 0.3 is 0 Å². The van der Waals surface area contributed by atoms with Crippen molar-refractivity contribution in [3.8, 4) is 5.75 Å². The number of carbonyl (C=O) groups is 1. The second-order valence-corrected chi connectivity index (χ2v) is 5.96. The molecule has 1 aromatic carbocycles. The van der Waals surface area contributed by atoms with Crippen molar-refractivity contribution >= 4 is 5.78 Å². The number of carbonyl (C=O) groups excluding carboxylic acids is 1. The van der Waals surface area contributed by atoms with Crippen LogP contribution in [0.15, 0.2) is 24.3 Å². The van der Waals surface area contributed by atoms with Crippen LogP contribution in [0.5, 0.6) is 5.75 Å². The van der Waals surface area contributed by atoms with Gasteiger partial charge in [-0.2, -0.15) is 0 Å². The van der Waals surface area contributed by atoms with Gasteiger partial charge < -0.3 is 9.64 Å². The molecule has 2 rings (SSSR count). The molecule has 20 heavy (non-hydrogen) atoms. The Labute approximate surface area is 121 Å². The lowest BCUT2D eigenvalue weighted by Crippen LogP contribution is -2.40. The van der Waals surface area contributed by atoms with Gasteiger partial charge in [-0.15, -0.1) is 0 Å². The maximum atomic E-state index is 12.4. The van der Waals surface area contributed by atoms with Crippen LogP contribution in [0.4, 0.5) is 0 Å². The summed E-state index contributed by atoms with van der Waals surface area (Å²) in [4.78, 5) is 14.9. The van der Waals surface area contributed by atoms with Gasteiger partial charge in [0, 0.05) is 24.6 Å². The summed E-state index contributed by atoms with van der Waals surface area (Å²) in [6.45, 7) is 6.67. The Kier molecular flexibility index (Phi) is 5.18. The molecule has 1 atom stereocenters. The first-order valence-corrected chi connectivity index (χ1v) is 7.51. The Bertz CT molecular complexity index is 456. The Morgan fingerprint density at radius 2 is 2.25 bits per heavy atom. The molecule has 1 aromatic rings. The predicted octanol–water partition coefficient (Wildman–Crippen LogP) is 3.39. The molecular weight excluding hydrogens is 250 g/mol. The largest absolute Gasteiger partial charge is 0.497 e. The normalized spacial score (nSPS) is 20.1. The molecule has 0 saturated carbocycles. The van der Waals surface area contributed by atoms with Crippen molar-refractivity contribution in [1.82, 2.24) is 4.90 Å². The summed E-state index contributed by atoms with van der Waals surface area (Å²) >= 11 is 0. The Balaban J connectivity index is 1.96. The van der Waals surface area contributed by atoms with Crippen LogP contribution in [0, 0.1) is 5.92 Å². The summed E-state index contributed by atoms with van der Waals surface area (Å²) in [5.74, 6) is 1.48. The molecule has 0 aromatic heterocycles. The Morgan fingerprint density at radius 3 is 2.95 bits per heavy atom. The molecule has 3 heteroatoms. The fraction of sp³-hybridized carbons (Fsp3) is 0.588. The lowest BCUT2D eigenvalue weighted by atomic mass is 9.90. The highest BCUT2D eigenvalue weighted by molar-refractivity contribution is 5.96. The van der Waals surface area contributed by atoms with Crippen LogP contribution in [0.1, 0.15) is 43.5 Å². The van der Waals surface area contributed by atoms with Gasteiger partial charge in [-0.25, -0.2) is 0 Å². The number of nitrogens with zero attached hydrogens (tertiary/aromatic N) is 1. The van der Waals surface area contributed by atoms with Gasteiger partial charge in [0.15, 0.2) is 5.78 Å². The second kappa shape index (κ2) is 6.89. The number of hydrogen-bond acceptors (Lipinski definition) is 3. The van der Waals surface area contributed by atoms with E-state index in [1.807, 2.05) is 24.3 Å². The van der Waals surface area contributed by atoms with Gasteiger partial charge in [-0.05, 0) is 51.3 Å². The van der Waals surface area contributed by atoms with E-state index in [1.54, 1.807) is 7.11 Å². The molecular formula is C17H25NO2. The number of ether oxygens (including phenoxy) is 1. The van der Waals surface area contributed by atoms with Gasteiger partial charge in [0.1, 0.15) is 5.75 Å². The molecule has 0 amide bonds. The number of methoxy groups -OCH3 is 1. The van der Waals surface area contributed by atoms with Crippen LogP contribution in [-0.4, -0.2) is 36.9 Å². The molecule has 110 valence electrons. The maximum Gasteiger partial charge on any atom is 0.163 e. The molecule has 0 spiro atoms. The first kappa shape index (κ1) is 15.0. The minimum atomic E-state index is 0.236. The maximum absolute atomic E-state index is 12.4. The Morgan fingerprint density at radius 1 is 1.45 bits per heavy atom. The van der Waals surface area contributed by atoms with Crippen molar-refractivity contribution < 1.29 is 9.53 Å². The number of ketones is 1. The molecule has 1 fully saturated rings. The van der Waals surface area contributed by atoms with E-state index in [4.69, 9.17) is 4.74 Å². The first-order chi connectivity index (χ1) is 9.60. The van der Waals surface area contributed by atoms with Crippen LogP contribution in [0.3, 0.4) is 0 Å². The van der Waals surface area contributed by atoms with Crippen molar-refractivity contribution in [2.24, 2.45) is 5.92 Å². The average Bonchev–Trinajstić information content (AvgIpc) is 2.47. The molecule has 1 aliphatic heterocycles. The zero-order chi connectivity index (χ0) is 14.5. The van der Waals surface area contributed by atoms with E-state index in [0.717, 1.165) is 17.9 Å². The van der Waals surface area contributed by atoms with E-state index >= 15 is 0 Å². The number of piperidine rings is 1. The van der Waals surface area contributed by atoms with E-state index in [2.05, 4.69) is 18.7 Å². The van der Waals surface area contributed by atoms with Crippen LogP contribution in [0.25, 0.3) is 0 Å². The molecule has 0 aliphatic carbocycles. The van der Waals surface area contributed by atoms with E-state index in [0.29, 0.717) is 18.4 Å². The zero-order valence-corrected chi connectivity index (χ0v) is 12.8. The lowest BCUT2D eigenvalue weighted by Gasteiger charge is -2.35. The average molecular weight is 275 g/mol. The van der Waals surface area contributed by atoms with Gasteiger partial charge in [-0.1, -0.05) is 12.1 Å². The van der Waals surface area contributed by atoms with Crippen molar-refractivity contribution in [2.45, 2.75) is 39.2 Å². The van der Waals surface area contributed by atoms with Gasteiger partial charge in [0.2, 0.25) is 0 Å². The third-order valence-corrected chi connectivity index (χ3v) is 4.15.